The zero-order valence-electron chi connectivity index (χ0n) is 8.69. The number of hydrogen-bond acceptors (Lipinski definition) is 1. The lowest BCUT2D eigenvalue weighted by atomic mass is 10.1. The van der Waals surface area contributed by atoms with Crippen LogP contribution in [0.5, 0.6) is 0 Å². The molecule has 1 heteroatoms. The standard InChI is InChI=1S/C11H21N/c1-10-6-5-8-12(9-7-10)11(2,3)4/h1,5-9H2,2-4H3. The van der Waals surface area contributed by atoms with Crippen LogP contribution in [0, 0.1) is 0 Å². The first-order valence-corrected chi connectivity index (χ1v) is 4.92. The molecule has 12 heavy (non-hydrogen) atoms. The second-order valence-corrected chi connectivity index (χ2v) is 4.76. The molecule has 0 atom stereocenters. The molecule has 0 bridgehead atoms. The summed E-state index contributed by atoms with van der Waals surface area (Å²) in [5.41, 5.74) is 1.77. The first kappa shape index (κ1) is 9.79. The second-order valence-electron chi connectivity index (χ2n) is 4.76. The molecule has 0 N–H and O–H groups in total. The molecule has 1 aliphatic heterocycles. The zero-order chi connectivity index (χ0) is 9.19. The van der Waals surface area contributed by atoms with Crippen molar-refractivity contribution < 1.29 is 0 Å². The summed E-state index contributed by atoms with van der Waals surface area (Å²) in [7, 11) is 0. The van der Waals surface area contributed by atoms with Crippen LogP contribution >= 0.6 is 0 Å². The topological polar surface area (TPSA) is 3.24 Å². The fourth-order valence-electron chi connectivity index (χ4n) is 1.72. The van der Waals surface area contributed by atoms with Crippen LogP contribution in [-0.2, 0) is 0 Å². The molecule has 1 saturated heterocycles. The van der Waals surface area contributed by atoms with E-state index in [1.54, 1.807) is 0 Å². The highest BCUT2D eigenvalue weighted by Gasteiger charge is 2.22. The largest absolute Gasteiger partial charge is 0.298 e. The van der Waals surface area contributed by atoms with Gasteiger partial charge in [-0.1, -0.05) is 12.2 Å². The van der Waals surface area contributed by atoms with Crippen molar-refractivity contribution in [2.45, 2.75) is 45.6 Å². The van der Waals surface area contributed by atoms with Crippen molar-refractivity contribution in [3.05, 3.63) is 12.2 Å². The van der Waals surface area contributed by atoms with Gasteiger partial charge in [-0.3, -0.25) is 4.90 Å². The normalized spacial score (nSPS) is 22.4. The fraction of sp³-hybridized carbons (Fsp3) is 0.818. The van der Waals surface area contributed by atoms with Crippen molar-refractivity contribution in [3.63, 3.8) is 0 Å². The maximum absolute atomic E-state index is 4.06. The van der Waals surface area contributed by atoms with Gasteiger partial charge in [-0.2, -0.15) is 0 Å². The molecular weight excluding hydrogens is 146 g/mol. The molecule has 0 aromatic rings. The van der Waals surface area contributed by atoms with Crippen LogP contribution in [-0.4, -0.2) is 23.5 Å². The average molecular weight is 167 g/mol. The van der Waals surface area contributed by atoms with Gasteiger partial charge >= 0.3 is 0 Å². The van der Waals surface area contributed by atoms with Crippen LogP contribution in [0.15, 0.2) is 12.2 Å². The van der Waals surface area contributed by atoms with Crippen molar-refractivity contribution in [1.29, 1.82) is 0 Å². The molecule has 1 rings (SSSR count). The van der Waals surface area contributed by atoms with Crippen LogP contribution in [0.3, 0.4) is 0 Å². The minimum atomic E-state index is 0.338. The summed E-state index contributed by atoms with van der Waals surface area (Å²) < 4.78 is 0. The Kier molecular flexibility index (Phi) is 2.94. The highest BCUT2D eigenvalue weighted by atomic mass is 15.2. The summed E-state index contributed by atoms with van der Waals surface area (Å²) in [4.78, 5) is 2.56. The Labute approximate surface area is 76.5 Å². The van der Waals surface area contributed by atoms with Crippen molar-refractivity contribution in [3.8, 4) is 0 Å². The van der Waals surface area contributed by atoms with E-state index in [1.165, 1.54) is 37.9 Å². The van der Waals surface area contributed by atoms with E-state index in [0.717, 1.165) is 0 Å². The summed E-state index contributed by atoms with van der Waals surface area (Å²) in [5, 5.41) is 0. The summed E-state index contributed by atoms with van der Waals surface area (Å²) >= 11 is 0. The van der Waals surface area contributed by atoms with Crippen LogP contribution in [0.1, 0.15) is 40.0 Å². The van der Waals surface area contributed by atoms with Crippen molar-refractivity contribution in [1.82, 2.24) is 4.90 Å². The Bertz CT molecular complexity index is 164. The molecule has 0 unspecified atom stereocenters. The monoisotopic (exact) mass is 167 g/mol. The van der Waals surface area contributed by atoms with Crippen LogP contribution < -0.4 is 0 Å². The lowest BCUT2D eigenvalue weighted by Crippen LogP contribution is -2.41. The van der Waals surface area contributed by atoms with Gasteiger partial charge in [0.15, 0.2) is 0 Å². The predicted octanol–water partition coefficient (Wildman–Crippen LogP) is 2.83. The lowest BCUT2D eigenvalue weighted by molar-refractivity contribution is 0.143. The highest BCUT2D eigenvalue weighted by Crippen LogP contribution is 2.21. The minimum absolute atomic E-state index is 0.338. The van der Waals surface area contributed by atoms with Gasteiger partial charge in [0, 0.05) is 12.1 Å². The number of hydrogen-bond donors (Lipinski definition) is 0. The Balaban J connectivity index is 2.52. The zero-order valence-corrected chi connectivity index (χ0v) is 8.69. The average Bonchev–Trinajstić information content (AvgIpc) is 2.11. The maximum Gasteiger partial charge on any atom is 0.0125 e. The van der Waals surface area contributed by atoms with Gasteiger partial charge in [0.05, 0.1) is 0 Å². The van der Waals surface area contributed by atoms with Crippen molar-refractivity contribution in [2.75, 3.05) is 13.1 Å². The molecule has 0 aromatic carbocycles. The van der Waals surface area contributed by atoms with Crippen LogP contribution in [0.25, 0.3) is 0 Å². The molecule has 0 aromatic heterocycles. The molecule has 1 aliphatic rings. The number of rotatable bonds is 0. The van der Waals surface area contributed by atoms with E-state index in [2.05, 4.69) is 32.3 Å². The number of likely N-dealkylation sites (tertiary alicyclic amines) is 1. The lowest BCUT2D eigenvalue weighted by Gasteiger charge is -2.34. The first-order chi connectivity index (χ1) is 5.50. The first-order valence-electron chi connectivity index (χ1n) is 4.92. The van der Waals surface area contributed by atoms with Gasteiger partial charge in [-0.25, -0.2) is 0 Å². The molecule has 0 spiro atoms. The van der Waals surface area contributed by atoms with Gasteiger partial charge in [-0.15, -0.1) is 0 Å². The van der Waals surface area contributed by atoms with Crippen LogP contribution in [0.2, 0.25) is 0 Å². The molecule has 0 radical (unpaired) electrons. The summed E-state index contributed by atoms with van der Waals surface area (Å²) in [6, 6.07) is 0. The van der Waals surface area contributed by atoms with Gasteiger partial charge in [0.25, 0.3) is 0 Å². The van der Waals surface area contributed by atoms with Gasteiger partial charge in [-0.05, 0) is 46.6 Å². The molecule has 0 saturated carbocycles. The van der Waals surface area contributed by atoms with E-state index in [9.17, 15) is 0 Å². The van der Waals surface area contributed by atoms with E-state index in [4.69, 9.17) is 0 Å². The Morgan fingerprint density at radius 1 is 1.17 bits per heavy atom. The second kappa shape index (κ2) is 3.61. The third-order valence-corrected chi connectivity index (χ3v) is 2.64. The molecule has 1 nitrogen and oxygen atoms in total. The predicted molar refractivity (Wildman–Crippen MR) is 54.3 cm³/mol. The molecule has 70 valence electrons. The molecule has 0 amide bonds. The van der Waals surface area contributed by atoms with Gasteiger partial charge in [0.2, 0.25) is 0 Å². The van der Waals surface area contributed by atoms with Crippen molar-refractivity contribution >= 4 is 0 Å². The Hall–Kier alpha value is -0.300. The number of nitrogens with zero attached hydrogens (tertiary/aromatic N) is 1. The Morgan fingerprint density at radius 2 is 1.83 bits per heavy atom. The summed E-state index contributed by atoms with van der Waals surface area (Å²) in [5.74, 6) is 0. The van der Waals surface area contributed by atoms with Crippen LogP contribution in [0.4, 0.5) is 0 Å². The Morgan fingerprint density at radius 3 is 2.42 bits per heavy atom. The van der Waals surface area contributed by atoms with E-state index < -0.39 is 0 Å². The SMILES string of the molecule is C=C1CCCN(C(C)(C)C)CC1. The third-order valence-electron chi connectivity index (χ3n) is 2.64. The fourth-order valence-corrected chi connectivity index (χ4v) is 1.72. The smallest absolute Gasteiger partial charge is 0.0125 e. The summed E-state index contributed by atoms with van der Waals surface area (Å²) in [6.07, 6.45) is 3.71. The molecular formula is C11H21N. The van der Waals surface area contributed by atoms with Crippen molar-refractivity contribution in [2.24, 2.45) is 0 Å². The van der Waals surface area contributed by atoms with E-state index in [1.807, 2.05) is 0 Å². The van der Waals surface area contributed by atoms with Gasteiger partial charge < -0.3 is 0 Å². The molecule has 0 aliphatic carbocycles. The van der Waals surface area contributed by atoms with E-state index >= 15 is 0 Å². The highest BCUT2D eigenvalue weighted by molar-refractivity contribution is 4.98. The van der Waals surface area contributed by atoms with E-state index in [-0.39, 0.29) is 0 Å². The molecule has 1 fully saturated rings. The molecule has 1 heterocycles. The van der Waals surface area contributed by atoms with Gasteiger partial charge in [0.1, 0.15) is 0 Å². The minimum Gasteiger partial charge on any atom is -0.298 e. The third kappa shape index (κ3) is 2.63. The quantitative estimate of drug-likeness (QED) is 0.501. The van der Waals surface area contributed by atoms with E-state index in [0.29, 0.717) is 5.54 Å². The maximum atomic E-state index is 4.06. The summed E-state index contributed by atoms with van der Waals surface area (Å²) in [6.45, 7) is 13.4.